The molecule has 0 spiro atoms. The van der Waals surface area contributed by atoms with Gasteiger partial charge in [0.25, 0.3) is 0 Å². The first kappa shape index (κ1) is 11.4. The minimum absolute atomic E-state index is 0.807. The molecule has 0 aliphatic rings. The van der Waals surface area contributed by atoms with Gasteiger partial charge in [-0.3, -0.25) is 0 Å². The van der Waals surface area contributed by atoms with Gasteiger partial charge in [-0.05, 0) is 12.8 Å². The average molecular weight is 129 g/mol. The molecule has 56 valence electrons. The first-order valence-corrected chi connectivity index (χ1v) is 3.70. The van der Waals surface area contributed by atoms with Crippen LogP contribution in [-0.4, -0.2) is 0 Å². The van der Waals surface area contributed by atoms with E-state index in [0.717, 1.165) is 12.1 Å². The summed E-state index contributed by atoms with van der Waals surface area (Å²) >= 11 is 0. The molecule has 0 unspecified atom stereocenters. The SMILES string of the molecule is C=C(N)CCCC.CC. The van der Waals surface area contributed by atoms with Gasteiger partial charge >= 0.3 is 0 Å². The Hall–Kier alpha value is -0.460. The van der Waals surface area contributed by atoms with Crippen LogP contribution in [-0.2, 0) is 0 Å². The van der Waals surface area contributed by atoms with Crippen LogP contribution in [0.1, 0.15) is 40.0 Å². The Morgan fingerprint density at radius 2 is 1.89 bits per heavy atom. The summed E-state index contributed by atoms with van der Waals surface area (Å²) < 4.78 is 0. The molecule has 0 bridgehead atoms. The van der Waals surface area contributed by atoms with E-state index in [2.05, 4.69) is 13.5 Å². The van der Waals surface area contributed by atoms with Crippen LogP contribution in [0, 0.1) is 0 Å². The molecule has 0 aromatic heterocycles. The second-order valence-corrected chi connectivity index (χ2v) is 1.76. The largest absolute Gasteiger partial charge is 0.403 e. The Morgan fingerprint density at radius 1 is 1.44 bits per heavy atom. The number of unbranched alkanes of at least 4 members (excludes halogenated alkanes) is 1. The lowest BCUT2D eigenvalue weighted by atomic mass is 10.2. The van der Waals surface area contributed by atoms with Gasteiger partial charge in [-0.2, -0.15) is 0 Å². The van der Waals surface area contributed by atoms with Crippen LogP contribution in [0.5, 0.6) is 0 Å². The zero-order valence-corrected chi connectivity index (χ0v) is 6.91. The smallest absolute Gasteiger partial charge is 0.000743 e. The van der Waals surface area contributed by atoms with Crippen LogP contribution in [0.2, 0.25) is 0 Å². The van der Waals surface area contributed by atoms with E-state index in [9.17, 15) is 0 Å². The molecular weight excluding hydrogens is 110 g/mol. The van der Waals surface area contributed by atoms with Crippen molar-refractivity contribution in [1.29, 1.82) is 0 Å². The minimum Gasteiger partial charge on any atom is -0.403 e. The van der Waals surface area contributed by atoms with Gasteiger partial charge in [0.1, 0.15) is 0 Å². The molecule has 1 heteroatoms. The van der Waals surface area contributed by atoms with Crippen LogP contribution in [0.25, 0.3) is 0 Å². The van der Waals surface area contributed by atoms with Crippen LogP contribution in [0.15, 0.2) is 12.3 Å². The molecule has 0 saturated heterocycles. The van der Waals surface area contributed by atoms with Gasteiger partial charge in [-0.1, -0.05) is 33.8 Å². The van der Waals surface area contributed by atoms with E-state index in [1.807, 2.05) is 13.8 Å². The molecule has 0 aliphatic heterocycles. The molecule has 0 amide bonds. The molecule has 9 heavy (non-hydrogen) atoms. The van der Waals surface area contributed by atoms with Crippen LogP contribution in [0.4, 0.5) is 0 Å². The summed E-state index contributed by atoms with van der Waals surface area (Å²) in [6.45, 7) is 9.71. The summed E-state index contributed by atoms with van der Waals surface area (Å²) in [5, 5.41) is 0. The van der Waals surface area contributed by atoms with Gasteiger partial charge < -0.3 is 5.73 Å². The molecule has 0 rings (SSSR count). The fourth-order valence-corrected chi connectivity index (χ4v) is 0.404. The second-order valence-electron chi connectivity index (χ2n) is 1.76. The molecule has 0 aromatic rings. The van der Waals surface area contributed by atoms with Gasteiger partial charge in [-0.15, -0.1) is 0 Å². The van der Waals surface area contributed by atoms with Crippen LogP contribution in [0.3, 0.4) is 0 Å². The van der Waals surface area contributed by atoms with Crippen molar-refractivity contribution in [3.8, 4) is 0 Å². The summed E-state index contributed by atoms with van der Waals surface area (Å²) in [5.74, 6) is 0. The molecule has 0 fully saturated rings. The summed E-state index contributed by atoms with van der Waals surface area (Å²) in [7, 11) is 0. The Morgan fingerprint density at radius 3 is 2.00 bits per heavy atom. The highest BCUT2D eigenvalue weighted by atomic mass is 14.5. The lowest BCUT2D eigenvalue weighted by molar-refractivity contribution is 0.783. The predicted molar refractivity (Wildman–Crippen MR) is 44.2 cm³/mol. The standard InChI is InChI=1S/C6H13N.C2H6/c1-3-4-5-6(2)7;1-2/h2-5,7H2,1H3;1-2H3. The van der Waals surface area contributed by atoms with E-state index >= 15 is 0 Å². The van der Waals surface area contributed by atoms with Gasteiger partial charge in [-0.25, -0.2) is 0 Å². The van der Waals surface area contributed by atoms with E-state index in [1.165, 1.54) is 12.8 Å². The Labute approximate surface area is 58.9 Å². The van der Waals surface area contributed by atoms with Gasteiger partial charge in [0, 0.05) is 5.70 Å². The number of hydrogen-bond acceptors (Lipinski definition) is 1. The molecule has 2 N–H and O–H groups in total. The van der Waals surface area contributed by atoms with E-state index in [4.69, 9.17) is 5.73 Å². The number of rotatable bonds is 3. The molecule has 0 heterocycles. The maximum Gasteiger partial charge on any atom is 0.000743 e. The zero-order chi connectivity index (χ0) is 7.70. The van der Waals surface area contributed by atoms with Crippen molar-refractivity contribution in [2.45, 2.75) is 40.0 Å². The molecular formula is C8H19N. The first-order valence-electron chi connectivity index (χ1n) is 3.70. The van der Waals surface area contributed by atoms with Crippen molar-refractivity contribution in [3.05, 3.63) is 12.3 Å². The fraction of sp³-hybridized carbons (Fsp3) is 0.750. The second kappa shape index (κ2) is 10.5. The van der Waals surface area contributed by atoms with Gasteiger partial charge in [0.15, 0.2) is 0 Å². The van der Waals surface area contributed by atoms with Crippen LogP contribution >= 0.6 is 0 Å². The number of nitrogens with two attached hydrogens (primary N) is 1. The topological polar surface area (TPSA) is 26.0 Å². The van der Waals surface area contributed by atoms with E-state index in [1.54, 1.807) is 0 Å². The Balaban J connectivity index is 0. The quantitative estimate of drug-likeness (QED) is 0.623. The van der Waals surface area contributed by atoms with Crippen LogP contribution < -0.4 is 5.73 Å². The highest BCUT2D eigenvalue weighted by Gasteiger charge is 1.81. The third-order valence-corrected chi connectivity index (χ3v) is 0.851. The molecule has 0 saturated carbocycles. The number of allylic oxidation sites excluding steroid dienone is 1. The first-order chi connectivity index (χ1) is 4.27. The van der Waals surface area contributed by atoms with E-state index in [0.29, 0.717) is 0 Å². The Bertz CT molecular complexity index is 57.6. The predicted octanol–water partition coefficient (Wildman–Crippen LogP) is 2.68. The van der Waals surface area contributed by atoms with Gasteiger partial charge in [0.05, 0.1) is 0 Å². The van der Waals surface area contributed by atoms with Gasteiger partial charge in [0.2, 0.25) is 0 Å². The Kier molecular flexibility index (Phi) is 13.3. The normalized spacial score (nSPS) is 7.44. The fourth-order valence-electron chi connectivity index (χ4n) is 0.404. The molecule has 1 nitrogen and oxygen atoms in total. The van der Waals surface area contributed by atoms with Crippen molar-refractivity contribution >= 4 is 0 Å². The lowest BCUT2D eigenvalue weighted by Crippen LogP contribution is -1.92. The van der Waals surface area contributed by atoms with Crippen molar-refractivity contribution in [2.24, 2.45) is 5.73 Å². The average Bonchev–Trinajstić information content (AvgIpc) is 1.88. The van der Waals surface area contributed by atoms with E-state index < -0.39 is 0 Å². The molecule has 0 aliphatic carbocycles. The third kappa shape index (κ3) is 18.5. The highest BCUT2D eigenvalue weighted by Crippen LogP contribution is 1.96. The van der Waals surface area contributed by atoms with Crippen molar-refractivity contribution in [1.82, 2.24) is 0 Å². The van der Waals surface area contributed by atoms with Crippen molar-refractivity contribution < 1.29 is 0 Å². The molecule has 0 atom stereocenters. The maximum atomic E-state index is 5.28. The van der Waals surface area contributed by atoms with Crippen molar-refractivity contribution in [3.63, 3.8) is 0 Å². The van der Waals surface area contributed by atoms with Crippen molar-refractivity contribution in [2.75, 3.05) is 0 Å². The zero-order valence-electron chi connectivity index (χ0n) is 6.91. The summed E-state index contributed by atoms with van der Waals surface area (Å²) in [4.78, 5) is 0. The summed E-state index contributed by atoms with van der Waals surface area (Å²) in [6, 6.07) is 0. The lowest BCUT2D eigenvalue weighted by Gasteiger charge is -1.92. The maximum absolute atomic E-state index is 5.28. The third-order valence-electron chi connectivity index (χ3n) is 0.851. The molecule has 0 aromatic carbocycles. The van der Waals surface area contributed by atoms with E-state index in [-0.39, 0.29) is 0 Å². The summed E-state index contributed by atoms with van der Waals surface area (Å²) in [5.41, 5.74) is 6.09. The minimum atomic E-state index is 0.807. The highest BCUT2D eigenvalue weighted by molar-refractivity contribution is 4.84. The number of hydrogen-bond donors (Lipinski definition) is 1. The monoisotopic (exact) mass is 129 g/mol. The summed E-state index contributed by atoms with van der Waals surface area (Å²) in [6.07, 6.45) is 3.36. The molecule has 0 radical (unpaired) electrons.